The molecular formula is C15H16Cl2N2O3. The molecule has 0 saturated heterocycles. The predicted molar refractivity (Wildman–Crippen MR) is 85.3 cm³/mol. The van der Waals surface area contributed by atoms with Gasteiger partial charge in [0.15, 0.2) is 5.75 Å². The van der Waals surface area contributed by atoms with Gasteiger partial charge in [0.05, 0.1) is 29.2 Å². The first-order valence-corrected chi connectivity index (χ1v) is 7.57. The molecule has 0 aliphatic rings. The van der Waals surface area contributed by atoms with Crippen LogP contribution in [0.25, 0.3) is 5.69 Å². The van der Waals surface area contributed by atoms with Gasteiger partial charge in [-0.1, -0.05) is 37.0 Å². The third kappa shape index (κ3) is 3.54. The number of hydrogen-bond acceptors (Lipinski definition) is 4. The van der Waals surface area contributed by atoms with Gasteiger partial charge >= 0.3 is 6.16 Å². The fourth-order valence-corrected chi connectivity index (χ4v) is 2.52. The Morgan fingerprint density at radius 1 is 1.36 bits per heavy atom. The van der Waals surface area contributed by atoms with Crippen LogP contribution >= 0.6 is 23.2 Å². The highest BCUT2D eigenvalue weighted by Gasteiger charge is 2.21. The fraction of sp³-hybridized carbons (Fsp3) is 0.333. The summed E-state index contributed by atoms with van der Waals surface area (Å²) >= 11 is 12.1. The average molecular weight is 343 g/mol. The number of carbonyl (C=O) groups is 1. The first kappa shape index (κ1) is 16.6. The van der Waals surface area contributed by atoms with Crippen molar-refractivity contribution in [1.29, 1.82) is 0 Å². The number of benzene rings is 1. The molecule has 0 spiro atoms. The van der Waals surface area contributed by atoms with E-state index in [1.165, 1.54) is 6.20 Å². The molecule has 0 aliphatic heterocycles. The summed E-state index contributed by atoms with van der Waals surface area (Å²) in [5, 5.41) is 5.26. The summed E-state index contributed by atoms with van der Waals surface area (Å²) in [7, 11) is 0. The van der Waals surface area contributed by atoms with Crippen LogP contribution in [0.4, 0.5) is 4.79 Å². The maximum Gasteiger partial charge on any atom is 0.513 e. The molecule has 0 bridgehead atoms. The molecule has 5 nitrogen and oxygen atoms in total. The summed E-state index contributed by atoms with van der Waals surface area (Å²) in [5.41, 5.74) is 1.38. The normalized spacial score (nSPS) is 10.8. The maximum absolute atomic E-state index is 11.5. The van der Waals surface area contributed by atoms with Crippen LogP contribution < -0.4 is 4.74 Å². The van der Waals surface area contributed by atoms with E-state index in [1.807, 2.05) is 13.8 Å². The summed E-state index contributed by atoms with van der Waals surface area (Å²) < 4.78 is 11.6. The predicted octanol–water partition coefficient (Wildman–Crippen LogP) is 4.84. The lowest BCUT2D eigenvalue weighted by Gasteiger charge is -2.13. The third-order valence-electron chi connectivity index (χ3n) is 2.91. The number of halogens is 2. The molecule has 0 amide bonds. The SMILES string of the molecule is CCOC(=O)Oc1cnn(-c2ccc(Cl)cc2Cl)c1C(C)C. The largest absolute Gasteiger partial charge is 0.513 e. The second-order valence-electron chi connectivity index (χ2n) is 4.84. The molecule has 0 saturated carbocycles. The summed E-state index contributed by atoms with van der Waals surface area (Å²) in [5.74, 6) is 0.401. The number of aromatic nitrogens is 2. The van der Waals surface area contributed by atoms with Crippen LogP contribution in [0.1, 0.15) is 32.4 Å². The van der Waals surface area contributed by atoms with Crippen LogP contribution in [-0.2, 0) is 4.74 Å². The summed E-state index contributed by atoms with van der Waals surface area (Å²) in [6, 6.07) is 5.12. The zero-order chi connectivity index (χ0) is 16.3. The van der Waals surface area contributed by atoms with E-state index in [0.29, 0.717) is 21.5 Å². The van der Waals surface area contributed by atoms with Crippen molar-refractivity contribution in [3.8, 4) is 11.4 Å². The van der Waals surface area contributed by atoms with Crippen molar-refractivity contribution >= 4 is 29.4 Å². The van der Waals surface area contributed by atoms with Crippen molar-refractivity contribution in [3.05, 3.63) is 40.1 Å². The number of nitrogens with zero attached hydrogens (tertiary/aromatic N) is 2. The number of hydrogen-bond donors (Lipinski definition) is 0. The van der Waals surface area contributed by atoms with Crippen molar-refractivity contribution < 1.29 is 14.3 Å². The lowest BCUT2D eigenvalue weighted by molar-refractivity contribution is 0.104. The molecule has 1 aromatic carbocycles. The van der Waals surface area contributed by atoms with Crippen LogP contribution in [0.5, 0.6) is 5.75 Å². The molecule has 0 radical (unpaired) electrons. The van der Waals surface area contributed by atoms with Crippen molar-refractivity contribution in [2.75, 3.05) is 6.61 Å². The molecular weight excluding hydrogens is 327 g/mol. The number of carbonyl (C=O) groups excluding carboxylic acids is 1. The van der Waals surface area contributed by atoms with Crippen molar-refractivity contribution in [1.82, 2.24) is 9.78 Å². The highest BCUT2D eigenvalue weighted by atomic mass is 35.5. The summed E-state index contributed by atoms with van der Waals surface area (Å²) in [6.07, 6.45) is 0.711. The first-order valence-electron chi connectivity index (χ1n) is 6.82. The van der Waals surface area contributed by atoms with Gasteiger partial charge in [-0.15, -0.1) is 0 Å². The van der Waals surface area contributed by atoms with E-state index in [4.69, 9.17) is 32.7 Å². The quantitative estimate of drug-likeness (QED) is 0.746. The standard InChI is InChI=1S/C15H16Cl2N2O3/c1-4-21-15(20)22-13-8-18-19(14(13)9(2)3)12-6-5-10(16)7-11(12)17/h5-9H,4H2,1-3H3. The van der Waals surface area contributed by atoms with Crippen LogP contribution in [0, 0.1) is 0 Å². The highest BCUT2D eigenvalue weighted by molar-refractivity contribution is 6.35. The second kappa shape index (κ2) is 7.03. The topological polar surface area (TPSA) is 53.4 Å². The Balaban J connectivity index is 2.44. The Hall–Kier alpha value is -1.72. The Bertz CT molecular complexity index is 683. The number of ether oxygens (including phenoxy) is 2. The van der Waals surface area contributed by atoms with Gasteiger partial charge in [0, 0.05) is 5.02 Å². The molecule has 1 heterocycles. The molecule has 0 atom stereocenters. The molecule has 7 heteroatoms. The molecule has 0 unspecified atom stereocenters. The Labute approximate surface area is 138 Å². The fourth-order valence-electron chi connectivity index (χ4n) is 2.03. The Kier molecular flexibility index (Phi) is 5.32. The van der Waals surface area contributed by atoms with Crippen molar-refractivity contribution in [2.24, 2.45) is 0 Å². The van der Waals surface area contributed by atoms with Gasteiger partial charge < -0.3 is 9.47 Å². The van der Waals surface area contributed by atoms with Gasteiger partial charge in [-0.25, -0.2) is 9.48 Å². The van der Waals surface area contributed by atoms with E-state index in [9.17, 15) is 4.79 Å². The van der Waals surface area contributed by atoms with E-state index in [0.717, 1.165) is 5.69 Å². The number of rotatable bonds is 4. The van der Waals surface area contributed by atoms with Crippen molar-refractivity contribution in [3.63, 3.8) is 0 Å². The van der Waals surface area contributed by atoms with E-state index in [1.54, 1.807) is 29.8 Å². The maximum atomic E-state index is 11.5. The van der Waals surface area contributed by atoms with Gasteiger partial charge in [0.1, 0.15) is 0 Å². The second-order valence-corrected chi connectivity index (χ2v) is 5.69. The van der Waals surface area contributed by atoms with Crippen LogP contribution in [0.15, 0.2) is 24.4 Å². The lowest BCUT2D eigenvalue weighted by Crippen LogP contribution is -2.12. The molecule has 0 fully saturated rings. The van der Waals surface area contributed by atoms with Crippen LogP contribution in [0.3, 0.4) is 0 Å². The van der Waals surface area contributed by atoms with E-state index in [2.05, 4.69) is 5.10 Å². The van der Waals surface area contributed by atoms with Gasteiger partial charge in [0.25, 0.3) is 0 Å². The molecule has 118 valence electrons. The Morgan fingerprint density at radius 3 is 2.68 bits per heavy atom. The van der Waals surface area contributed by atoms with Crippen LogP contribution in [0.2, 0.25) is 10.0 Å². The monoisotopic (exact) mass is 342 g/mol. The van der Waals surface area contributed by atoms with Gasteiger partial charge in [-0.05, 0) is 31.0 Å². The van der Waals surface area contributed by atoms with Crippen LogP contribution in [-0.4, -0.2) is 22.5 Å². The molecule has 1 aromatic heterocycles. The molecule has 22 heavy (non-hydrogen) atoms. The zero-order valence-electron chi connectivity index (χ0n) is 12.5. The van der Waals surface area contributed by atoms with Gasteiger partial charge in [-0.2, -0.15) is 5.10 Å². The van der Waals surface area contributed by atoms with E-state index >= 15 is 0 Å². The summed E-state index contributed by atoms with van der Waals surface area (Å²) in [4.78, 5) is 11.5. The minimum Gasteiger partial charge on any atom is -0.434 e. The first-order chi connectivity index (χ1) is 10.4. The van der Waals surface area contributed by atoms with Gasteiger partial charge in [-0.3, -0.25) is 0 Å². The van der Waals surface area contributed by atoms with Crippen molar-refractivity contribution in [2.45, 2.75) is 26.7 Å². The Morgan fingerprint density at radius 2 is 2.09 bits per heavy atom. The minimum absolute atomic E-state index is 0.0543. The minimum atomic E-state index is -0.758. The average Bonchev–Trinajstić information content (AvgIpc) is 2.82. The molecule has 2 rings (SSSR count). The third-order valence-corrected chi connectivity index (χ3v) is 3.45. The smallest absolute Gasteiger partial charge is 0.434 e. The molecule has 2 aromatic rings. The molecule has 0 aliphatic carbocycles. The highest BCUT2D eigenvalue weighted by Crippen LogP contribution is 2.32. The molecule has 0 N–H and O–H groups in total. The van der Waals surface area contributed by atoms with E-state index in [-0.39, 0.29) is 12.5 Å². The lowest BCUT2D eigenvalue weighted by atomic mass is 10.1. The zero-order valence-corrected chi connectivity index (χ0v) is 14.0. The van der Waals surface area contributed by atoms with E-state index < -0.39 is 6.16 Å². The van der Waals surface area contributed by atoms with Gasteiger partial charge in [0.2, 0.25) is 0 Å². The summed E-state index contributed by atoms with van der Waals surface area (Å²) in [6.45, 7) is 5.89.